The summed E-state index contributed by atoms with van der Waals surface area (Å²) in [6, 6.07) is 9.88. The maximum absolute atomic E-state index is 13.9. The smallest absolute Gasteiger partial charge is 0.250 e. The maximum Gasteiger partial charge on any atom is 0.250 e. The van der Waals surface area contributed by atoms with E-state index in [1.54, 1.807) is 9.80 Å². The lowest BCUT2D eigenvalue weighted by atomic mass is 9.83. The number of carbonyl (C=O) groups is 3. The van der Waals surface area contributed by atoms with E-state index < -0.39 is 11.6 Å². The number of nitrogens with one attached hydrogen (secondary N) is 3. The van der Waals surface area contributed by atoms with Gasteiger partial charge in [0.15, 0.2) is 0 Å². The van der Waals surface area contributed by atoms with Crippen LogP contribution in [0.15, 0.2) is 30.3 Å². The molecule has 3 amide bonds. The molecule has 3 unspecified atom stereocenters. The number of anilines is 1. The van der Waals surface area contributed by atoms with Crippen LogP contribution in [0.1, 0.15) is 25.7 Å². The van der Waals surface area contributed by atoms with Gasteiger partial charge in [-0.3, -0.25) is 25.1 Å². The van der Waals surface area contributed by atoms with Gasteiger partial charge in [-0.2, -0.15) is 0 Å². The van der Waals surface area contributed by atoms with Crippen molar-refractivity contribution in [3.05, 3.63) is 30.3 Å². The molecule has 200 valence electrons. The summed E-state index contributed by atoms with van der Waals surface area (Å²) in [5, 5.41) is 13.3. The second-order valence-corrected chi connectivity index (χ2v) is 11.2. The van der Waals surface area contributed by atoms with Gasteiger partial charge in [-0.25, -0.2) is 5.43 Å². The third kappa shape index (κ3) is 4.47. The van der Waals surface area contributed by atoms with Gasteiger partial charge >= 0.3 is 0 Å². The summed E-state index contributed by atoms with van der Waals surface area (Å²) >= 11 is 0. The quantitative estimate of drug-likeness (QED) is 0.403. The van der Waals surface area contributed by atoms with Crippen LogP contribution in [0, 0.1) is 11.8 Å². The summed E-state index contributed by atoms with van der Waals surface area (Å²) in [6.45, 7) is 3.77. The van der Waals surface area contributed by atoms with Crippen LogP contribution in [0.25, 0.3) is 0 Å². The Balaban J connectivity index is 1.16. The number of rotatable bonds is 4. The Labute approximate surface area is 217 Å². The summed E-state index contributed by atoms with van der Waals surface area (Å²) in [5.41, 5.74) is 6.58. The molecule has 1 aromatic rings. The van der Waals surface area contributed by atoms with E-state index in [4.69, 9.17) is 0 Å². The number of hydrazine groups is 1. The molecule has 5 aliphatic heterocycles. The molecule has 5 fully saturated rings. The average Bonchev–Trinajstić information content (AvgIpc) is 3.64. The minimum Gasteiger partial charge on any atom is -0.391 e. The zero-order chi connectivity index (χ0) is 25.6. The third-order valence-electron chi connectivity index (χ3n) is 8.94. The Morgan fingerprint density at radius 2 is 1.84 bits per heavy atom. The van der Waals surface area contributed by atoms with Gasteiger partial charge in [0.2, 0.25) is 11.8 Å². The van der Waals surface area contributed by atoms with Crippen molar-refractivity contribution in [2.24, 2.45) is 11.8 Å². The fourth-order valence-corrected chi connectivity index (χ4v) is 6.79. The highest BCUT2D eigenvalue weighted by molar-refractivity contribution is 5.96. The molecule has 0 aromatic heterocycles. The lowest BCUT2D eigenvalue weighted by Crippen LogP contribution is -2.59. The first kappa shape index (κ1) is 24.6. The predicted octanol–water partition coefficient (Wildman–Crippen LogP) is -1.09. The summed E-state index contributed by atoms with van der Waals surface area (Å²) in [4.78, 5) is 47.7. The van der Waals surface area contributed by atoms with E-state index in [-0.39, 0.29) is 36.3 Å². The number of aliphatic hydroxyl groups is 1. The normalized spacial score (nSPS) is 31.3. The van der Waals surface area contributed by atoms with E-state index in [9.17, 15) is 19.5 Å². The molecule has 1 aromatic carbocycles. The highest BCUT2D eigenvalue weighted by Gasteiger charge is 2.55. The van der Waals surface area contributed by atoms with E-state index in [0.29, 0.717) is 64.6 Å². The van der Waals surface area contributed by atoms with Crippen molar-refractivity contribution in [2.45, 2.75) is 43.5 Å². The molecule has 0 radical (unpaired) electrons. The molecule has 0 aliphatic carbocycles. The minimum atomic E-state index is -0.766. The number of likely N-dealkylation sites (tertiary alicyclic amines) is 2. The number of aliphatic hydroxyl groups excluding tert-OH is 1. The Morgan fingerprint density at radius 1 is 1.05 bits per heavy atom. The van der Waals surface area contributed by atoms with Crippen molar-refractivity contribution in [2.75, 3.05) is 57.4 Å². The summed E-state index contributed by atoms with van der Waals surface area (Å²) in [5.74, 6) is 0.352. The monoisotopic (exact) mass is 511 g/mol. The lowest BCUT2D eigenvalue weighted by molar-refractivity contribution is -0.143. The van der Waals surface area contributed by atoms with Gasteiger partial charge in [0, 0.05) is 50.9 Å². The first-order valence-corrected chi connectivity index (χ1v) is 13.5. The molecular formula is C26H37N7O4. The van der Waals surface area contributed by atoms with E-state index in [2.05, 4.69) is 21.1 Å². The van der Waals surface area contributed by atoms with E-state index in [1.807, 2.05) is 35.2 Å². The number of nitrogens with zero attached hydrogens (tertiary/aromatic N) is 4. The van der Waals surface area contributed by atoms with Crippen LogP contribution < -0.4 is 21.1 Å². The fraction of sp³-hybridized carbons (Fsp3) is 0.654. The van der Waals surface area contributed by atoms with Crippen molar-refractivity contribution in [3.63, 3.8) is 0 Å². The van der Waals surface area contributed by atoms with Gasteiger partial charge in [-0.05, 0) is 37.8 Å². The maximum atomic E-state index is 13.9. The summed E-state index contributed by atoms with van der Waals surface area (Å²) in [6.07, 6.45) is 2.24. The number of β-amino-alcohol motifs (C(OH)–C–C–N with tert-alkyl or cyclic N) is 1. The molecule has 0 saturated carbocycles. The summed E-state index contributed by atoms with van der Waals surface area (Å²) < 4.78 is 0. The van der Waals surface area contributed by atoms with E-state index >= 15 is 0 Å². The molecular weight excluding hydrogens is 474 g/mol. The van der Waals surface area contributed by atoms with Crippen LogP contribution in [0.3, 0.4) is 0 Å². The van der Waals surface area contributed by atoms with Crippen molar-refractivity contribution < 1.29 is 19.5 Å². The van der Waals surface area contributed by atoms with Crippen LogP contribution in [0.5, 0.6) is 0 Å². The van der Waals surface area contributed by atoms with Gasteiger partial charge in [0.1, 0.15) is 12.1 Å². The van der Waals surface area contributed by atoms with Crippen LogP contribution in [0.4, 0.5) is 5.69 Å². The number of fused-ring (bicyclic) bond motifs is 1. The zero-order valence-corrected chi connectivity index (χ0v) is 21.1. The minimum absolute atomic E-state index is 0.0116. The molecule has 11 heteroatoms. The van der Waals surface area contributed by atoms with Gasteiger partial charge in [-0.15, -0.1) is 0 Å². The highest BCUT2D eigenvalue weighted by Crippen LogP contribution is 2.40. The molecule has 37 heavy (non-hydrogen) atoms. The van der Waals surface area contributed by atoms with Crippen LogP contribution in [-0.4, -0.2) is 108 Å². The van der Waals surface area contributed by atoms with Crippen molar-refractivity contribution in [1.29, 1.82) is 0 Å². The molecule has 11 nitrogen and oxygen atoms in total. The standard InChI is InChI=1S/C26H37N7O4/c34-21-6-9-31(15-21)22(35)16-32-17-33(20-4-2-1-3-5-20)26(25(32)37)7-10-30(11-8-26)24(36)19-12-18-14-28-29-23(18)27-13-19/h1-5,18-19,21,23,27-29,34H,6-17H2/t18?,19?,21-,23?/m1/s1. The Bertz CT molecular complexity index is 1030. The van der Waals surface area contributed by atoms with Crippen molar-refractivity contribution in [1.82, 2.24) is 30.9 Å². The van der Waals surface area contributed by atoms with Crippen LogP contribution in [0.2, 0.25) is 0 Å². The largest absolute Gasteiger partial charge is 0.391 e. The first-order valence-electron chi connectivity index (χ1n) is 13.5. The van der Waals surface area contributed by atoms with E-state index in [0.717, 1.165) is 18.7 Å². The van der Waals surface area contributed by atoms with Crippen molar-refractivity contribution in [3.8, 4) is 0 Å². The lowest BCUT2D eigenvalue weighted by Gasteiger charge is -2.44. The number of hydrogen-bond acceptors (Lipinski definition) is 8. The number of para-hydroxylation sites is 1. The van der Waals surface area contributed by atoms with Gasteiger partial charge in [0.05, 0.1) is 24.9 Å². The third-order valence-corrected chi connectivity index (χ3v) is 8.94. The predicted molar refractivity (Wildman–Crippen MR) is 136 cm³/mol. The first-order chi connectivity index (χ1) is 17.9. The Kier molecular flexibility index (Phi) is 6.56. The molecule has 4 N–H and O–H groups in total. The van der Waals surface area contributed by atoms with E-state index in [1.165, 1.54) is 0 Å². The number of piperidine rings is 2. The second kappa shape index (κ2) is 9.86. The molecule has 4 atom stereocenters. The molecule has 1 spiro atoms. The highest BCUT2D eigenvalue weighted by atomic mass is 16.3. The number of benzene rings is 1. The molecule has 5 heterocycles. The second-order valence-electron chi connectivity index (χ2n) is 11.2. The van der Waals surface area contributed by atoms with Crippen molar-refractivity contribution >= 4 is 23.4 Å². The average molecular weight is 512 g/mol. The van der Waals surface area contributed by atoms with Crippen LogP contribution in [-0.2, 0) is 14.4 Å². The Morgan fingerprint density at radius 3 is 2.57 bits per heavy atom. The molecule has 5 aliphatic rings. The van der Waals surface area contributed by atoms with Crippen LogP contribution >= 0.6 is 0 Å². The molecule has 5 saturated heterocycles. The topological polar surface area (TPSA) is 120 Å². The number of carbonyl (C=O) groups excluding carboxylic acids is 3. The summed E-state index contributed by atoms with van der Waals surface area (Å²) in [7, 11) is 0. The molecule has 0 bridgehead atoms. The van der Waals surface area contributed by atoms with Gasteiger partial charge in [-0.1, -0.05) is 18.2 Å². The van der Waals surface area contributed by atoms with Gasteiger partial charge in [0.25, 0.3) is 5.91 Å². The van der Waals surface area contributed by atoms with Gasteiger partial charge < -0.3 is 24.7 Å². The fourth-order valence-electron chi connectivity index (χ4n) is 6.79. The number of amides is 3. The molecule has 6 rings (SSSR count). The SMILES string of the molecule is O=C(CN1CN(c2ccccc2)C2(CCN(C(=O)C3CNC4NNCC4C3)CC2)C1=O)N1CC[C@@H](O)C1. The Hall–Kier alpha value is -2.73. The number of hydrogen-bond donors (Lipinski definition) is 4. The zero-order valence-electron chi connectivity index (χ0n) is 21.1.